The first kappa shape index (κ1) is 22.6. The lowest BCUT2D eigenvalue weighted by Gasteiger charge is -2.24. The molecule has 0 unspecified atom stereocenters. The first-order chi connectivity index (χ1) is 15.8. The maximum absolute atomic E-state index is 14.7. The molecule has 33 heavy (non-hydrogen) atoms. The highest BCUT2D eigenvalue weighted by Gasteiger charge is 2.26. The number of halogens is 1. The van der Waals surface area contributed by atoms with Gasteiger partial charge in [-0.2, -0.15) is 0 Å². The molecule has 0 radical (unpaired) electrons. The Labute approximate surface area is 192 Å². The molecule has 0 bridgehead atoms. The molecule has 1 saturated carbocycles. The number of hydrogen-bond donors (Lipinski definition) is 3. The zero-order valence-electron chi connectivity index (χ0n) is 19.0. The SMILES string of the molecule is Cc1cc(F)c(C(=O)Nc2cccc(N(CN)C(=N)C(C)C)n2)cc1-n1cnc(C2CC2)c1. The second-order valence-electron chi connectivity index (χ2n) is 8.58. The van der Waals surface area contributed by atoms with E-state index in [1.54, 1.807) is 36.4 Å². The summed E-state index contributed by atoms with van der Waals surface area (Å²) in [4.78, 5) is 23.4. The first-order valence-electron chi connectivity index (χ1n) is 11.0. The second kappa shape index (κ2) is 9.11. The monoisotopic (exact) mass is 449 g/mol. The molecule has 1 aliphatic rings. The van der Waals surface area contributed by atoms with Gasteiger partial charge < -0.3 is 20.5 Å². The summed E-state index contributed by atoms with van der Waals surface area (Å²) >= 11 is 0. The quantitative estimate of drug-likeness (QED) is 0.284. The van der Waals surface area contributed by atoms with Crippen LogP contribution < -0.4 is 16.0 Å². The lowest BCUT2D eigenvalue weighted by Crippen LogP contribution is -2.38. The summed E-state index contributed by atoms with van der Waals surface area (Å²) in [5.41, 5.74) is 8.14. The number of anilines is 2. The van der Waals surface area contributed by atoms with Crippen LogP contribution >= 0.6 is 0 Å². The molecular weight excluding hydrogens is 421 g/mol. The van der Waals surface area contributed by atoms with E-state index in [9.17, 15) is 9.18 Å². The van der Waals surface area contributed by atoms with Gasteiger partial charge in [-0.3, -0.25) is 10.2 Å². The van der Waals surface area contributed by atoms with Crippen LogP contribution in [0.3, 0.4) is 0 Å². The van der Waals surface area contributed by atoms with E-state index in [4.69, 9.17) is 11.1 Å². The van der Waals surface area contributed by atoms with E-state index in [0.29, 0.717) is 28.8 Å². The molecule has 4 N–H and O–H groups in total. The predicted octanol–water partition coefficient (Wildman–Crippen LogP) is 4.20. The Kier molecular flexibility index (Phi) is 6.24. The Morgan fingerprint density at radius 3 is 2.79 bits per heavy atom. The normalized spacial score (nSPS) is 13.3. The topological polar surface area (TPSA) is 113 Å². The van der Waals surface area contributed by atoms with Gasteiger partial charge in [0.25, 0.3) is 5.91 Å². The van der Waals surface area contributed by atoms with Gasteiger partial charge in [0.2, 0.25) is 0 Å². The molecule has 3 aromatic rings. The summed E-state index contributed by atoms with van der Waals surface area (Å²) in [6, 6.07) is 7.91. The molecule has 0 saturated heterocycles. The average Bonchev–Trinajstić information content (AvgIpc) is 3.51. The summed E-state index contributed by atoms with van der Waals surface area (Å²) in [5.74, 6) is 0.221. The third kappa shape index (κ3) is 4.78. The maximum atomic E-state index is 14.7. The Balaban J connectivity index is 1.59. The van der Waals surface area contributed by atoms with E-state index in [1.807, 2.05) is 24.6 Å². The number of aryl methyl sites for hydroxylation is 1. The van der Waals surface area contributed by atoms with Crippen LogP contribution in [0.1, 0.15) is 54.2 Å². The van der Waals surface area contributed by atoms with Gasteiger partial charge in [0.05, 0.1) is 29.9 Å². The van der Waals surface area contributed by atoms with Crippen molar-refractivity contribution < 1.29 is 9.18 Å². The maximum Gasteiger partial charge on any atom is 0.259 e. The van der Waals surface area contributed by atoms with Crippen LogP contribution in [0.5, 0.6) is 0 Å². The highest BCUT2D eigenvalue weighted by atomic mass is 19.1. The number of nitrogens with one attached hydrogen (secondary N) is 2. The minimum Gasteiger partial charge on any atom is -0.313 e. The molecule has 172 valence electrons. The van der Waals surface area contributed by atoms with E-state index in [2.05, 4.69) is 15.3 Å². The van der Waals surface area contributed by atoms with Crippen LogP contribution in [-0.4, -0.2) is 32.9 Å². The average molecular weight is 450 g/mol. The van der Waals surface area contributed by atoms with Gasteiger partial charge in [0.15, 0.2) is 0 Å². The Hall–Kier alpha value is -3.59. The van der Waals surface area contributed by atoms with Crippen molar-refractivity contribution in [1.29, 1.82) is 5.41 Å². The molecule has 0 atom stereocenters. The molecule has 2 aromatic heterocycles. The van der Waals surface area contributed by atoms with Crippen molar-refractivity contribution in [3.63, 3.8) is 0 Å². The van der Waals surface area contributed by atoms with Gasteiger partial charge in [-0.05, 0) is 49.6 Å². The predicted molar refractivity (Wildman–Crippen MR) is 127 cm³/mol. The van der Waals surface area contributed by atoms with Crippen molar-refractivity contribution in [2.45, 2.75) is 39.5 Å². The lowest BCUT2D eigenvalue weighted by molar-refractivity contribution is 0.102. The van der Waals surface area contributed by atoms with Crippen molar-refractivity contribution >= 4 is 23.4 Å². The molecule has 1 aromatic carbocycles. The number of amidine groups is 1. The second-order valence-corrected chi connectivity index (χ2v) is 8.58. The number of hydrogen-bond acceptors (Lipinski definition) is 5. The summed E-state index contributed by atoms with van der Waals surface area (Å²) in [7, 11) is 0. The van der Waals surface area contributed by atoms with Crippen LogP contribution in [0.4, 0.5) is 16.0 Å². The Morgan fingerprint density at radius 1 is 1.36 bits per heavy atom. The number of pyridine rings is 1. The minimum absolute atomic E-state index is 0.0442. The van der Waals surface area contributed by atoms with Crippen LogP contribution in [0.2, 0.25) is 0 Å². The number of aromatic nitrogens is 3. The van der Waals surface area contributed by atoms with E-state index < -0.39 is 11.7 Å². The summed E-state index contributed by atoms with van der Waals surface area (Å²) < 4.78 is 16.6. The highest BCUT2D eigenvalue weighted by molar-refractivity contribution is 6.04. The van der Waals surface area contributed by atoms with E-state index >= 15 is 0 Å². The van der Waals surface area contributed by atoms with Crippen molar-refractivity contribution in [2.75, 3.05) is 16.9 Å². The smallest absolute Gasteiger partial charge is 0.259 e. The van der Waals surface area contributed by atoms with Crippen LogP contribution in [0, 0.1) is 24.1 Å². The number of imidazole rings is 1. The van der Waals surface area contributed by atoms with E-state index in [0.717, 1.165) is 18.5 Å². The molecule has 2 heterocycles. The fraction of sp³-hybridized carbons (Fsp3) is 0.333. The molecule has 1 aliphatic carbocycles. The zero-order valence-corrected chi connectivity index (χ0v) is 19.0. The van der Waals surface area contributed by atoms with Gasteiger partial charge in [-0.1, -0.05) is 19.9 Å². The molecular formula is C24H28FN7O. The van der Waals surface area contributed by atoms with E-state index in [1.165, 1.54) is 12.1 Å². The fourth-order valence-electron chi connectivity index (χ4n) is 3.63. The highest BCUT2D eigenvalue weighted by Crippen LogP contribution is 2.39. The Bertz CT molecular complexity index is 1200. The van der Waals surface area contributed by atoms with Gasteiger partial charge in [0.1, 0.15) is 23.3 Å². The standard InChI is InChI=1S/C24H28FN7O/c1-14(2)23(27)32(12-26)22-6-4-5-21(29-22)30-24(33)17-10-20(15(3)9-18(17)25)31-11-19(28-13-31)16-7-8-16/h4-6,9-11,13-14,16,27H,7-8,12,26H2,1-3H3,(H,29,30,33). The van der Waals surface area contributed by atoms with Gasteiger partial charge in [-0.15, -0.1) is 0 Å². The van der Waals surface area contributed by atoms with Crippen LogP contribution in [0.15, 0.2) is 42.9 Å². The number of carbonyl (C=O) groups is 1. The summed E-state index contributed by atoms with van der Waals surface area (Å²) in [6.45, 7) is 5.66. The molecule has 0 spiro atoms. The fourth-order valence-corrected chi connectivity index (χ4v) is 3.63. The molecule has 0 aliphatic heterocycles. The van der Waals surface area contributed by atoms with Crippen molar-refractivity contribution in [1.82, 2.24) is 14.5 Å². The largest absolute Gasteiger partial charge is 0.313 e. The molecule has 9 heteroatoms. The number of rotatable bonds is 7. The van der Waals surface area contributed by atoms with Crippen LogP contribution in [-0.2, 0) is 0 Å². The molecule has 8 nitrogen and oxygen atoms in total. The molecule has 4 rings (SSSR count). The van der Waals surface area contributed by atoms with Gasteiger partial charge >= 0.3 is 0 Å². The van der Waals surface area contributed by atoms with Crippen molar-refractivity contribution in [3.8, 4) is 5.69 Å². The number of nitrogens with zero attached hydrogens (tertiary/aromatic N) is 4. The molecule has 1 amide bonds. The van der Waals surface area contributed by atoms with Gasteiger partial charge in [-0.25, -0.2) is 14.4 Å². The van der Waals surface area contributed by atoms with E-state index in [-0.39, 0.29) is 24.0 Å². The molecule has 1 fully saturated rings. The zero-order chi connectivity index (χ0) is 23.7. The van der Waals surface area contributed by atoms with Gasteiger partial charge in [0, 0.05) is 18.0 Å². The number of nitrogens with two attached hydrogens (primary N) is 1. The van der Waals surface area contributed by atoms with Crippen molar-refractivity contribution in [2.24, 2.45) is 11.7 Å². The third-order valence-electron chi connectivity index (χ3n) is 5.68. The number of benzene rings is 1. The summed E-state index contributed by atoms with van der Waals surface area (Å²) in [5, 5.41) is 10.9. The number of amides is 1. The van der Waals surface area contributed by atoms with Crippen molar-refractivity contribution in [3.05, 3.63) is 65.5 Å². The first-order valence-corrected chi connectivity index (χ1v) is 11.0. The lowest BCUT2D eigenvalue weighted by atomic mass is 10.1. The third-order valence-corrected chi connectivity index (χ3v) is 5.68. The summed E-state index contributed by atoms with van der Waals surface area (Å²) in [6.07, 6.45) is 5.91. The Morgan fingerprint density at radius 2 is 2.12 bits per heavy atom. The minimum atomic E-state index is -0.613. The number of carbonyl (C=O) groups excluding carboxylic acids is 1. The van der Waals surface area contributed by atoms with Crippen LogP contribution in [0.25, 0.3) is 5.69 Å².